The summed E-state index contributed by atoms with van der Waals surface area (Å²) < 4.78 is 51.8. The van der Waals surface area contributed by atoms with Crippen molar-refractivity contribution >= 4 is 6.09 Å². The number of benzene rings is 1. The molecule has 180 valence electrons. The van der Waals surface area contributed by atoms with Gasteiger partial charge in [-0.15, -0.1) is 0 Å². The predicted molar refractivity (Wildman–Crippen MR) is 116 cm³/mol. The average Bonchev–Trinajstić information content (AvgIpc) is 3.33. The Bertz CT molecular complexity index is 910. The Balaban J connectivity index is 1.45. The molecule has 1 saturated carbocycles. The van der Waals surface area contributed by atoms with Gasteiger partial charge in [-0.3, -0.25) is 5.10 Å². The first-order valence-electron chi connectivity index (χ1n) is 11.5. The molecule has 0 spiro atoms. The van der Waals surface area contributed by atoms with E-state index < -0.39 is 29.8 Å². The Hall–Kier alpha value is -2.55. The van der Waals surface area contributed by atoms with Crippen molar-refractivity contribution in [2.75, 3.05) is 20.3 Å². The number of rotatable bonds is 5. The molecular formula is C24H30F3N3O3. The number of aromatic nitrogens is 2. The van der Waals surface area contributed by atoms with E-state index in [2.05, 4.69) is 22.3 Å². The number of piperidine rings is 1. The predicted octanol–water partition coefficient (Wildman–Crippen LogP) is 5.49. The maximum atomic E-state index is 13.5. The monoisotopic (exact) mass is 465 g/mol. The highest BCUT2D eigenvalue weighted by atomic mass is 19.4. The highest BCUT2D eigenvalue weighted by Crippen LogP contribution is 2.40. The number of halogens is 3. The average molecular weight is 466 g/mol. The zero-order valence-electron chi connectivity index (χ0n) is 18.7. The summed E-state index contributed by atoms with van der Waals surface area (Å²) in [5.41, 5.74) is 0.559. The van der Waals surface area contributed by atoms with Crippen LogP contribution in [0.3, 0.4) is 0 Å². The lowest BCUT2D eigenvalue weighted by Gasteiger charge is -2.41. The van der Waals surface area contributed by atoms with Gasteiger partial charge in [-0.05, 0) is 50.0 Å². The fourth-order valence-corrected chi connectivity index (χ4v) is 5.27. The molecule has 1 saturated heterocycles. The summed E-state index contributed by atoms with van der Waals surface area (Å²) in [6, 6.07) is 9.85. The molecule has 0 bridgehead atoms. The number of hydrogen-bond acceptors (Lipinski definition) is 4. The van der Waals surface area contributed by atoms with Crippen molar-refractivity contribution in [1.82, 2.24) is 15.1 Å². The van der Waals surface area contributed by atoms with Crippen LogP contribution in [0.1, 0.15) is 67.2 Å². The second-order valence-corrected chi connectivity index (χ2v) is 8.89. The van der Waals surface area contributed by atoms with Crippen molar-refractivity contribution in [1.29, 1.82) is 0 Å². The van der Waals surface area contributed by atoms with E-state index in [1.54, 1.807) is 0 Å². The lowest BCUT2D eigenvalue weighted by atomic mass is 9.82. The van der Waals surface area contributed by atoms with Crippen molar-refractivity contribution in [3.63, 3.8) is 0 Å². The van der Waals surface area contributed by atoms with Crippen molar-refractivity contribution in [3.8, 4) is 0 Å². The number of methoxy groups -OCH3 is 1. The van der Waals surface area contributed by atoms with Crippen molar-refractivity contribution < 1.29 is 27.4 Å². The Morgan fingerprint density at radius 3 is 2.55 bits per heavy atom. The number of nitrogens with one attached hydrogen (secondary N) is 1. The van der Waals surface area contributed by atoms with Crippen LogP contribution in [-0.4, -0.2) is 53.6 Å². The molecule has 1 aromatic heterocycles. The lowest BCUT2D eigenvalue weighted by Crippen LogP contribution is -2.50. The van der Waals surface area contributed by atoms with Crippen LogP contribution in [0.15, 0.2) is 36.5 Å². The van der Waals surface area contributed by atoms with Crippen LogP contribution in [0, 0.1) is 0 Å². The minimum absolute atomic E-state index is 0.0116. The minimum Gasteiger partial charge on any atom is -0.453 e. The van der Waals surface area contributed by atoms with Gasteiger partial charge in [0.15, 0.2) is 0 Å². The zero-order chi connectivity index (χ0) is 23.4. The van der Waals surface area contributed by atoms with Gasteiger partial charge in [-0.1, -0.05) is 30.3 Å². The Labute approximate surface area is 191 Å². The highest BCUT2D eigenvalue weighted by molar-refractivity contribution is 5.68. The molecule has 1 aromatic carbocycles. The molecule has 1 aliphatic carbocycles. The number of carbonyl (C=O) groups is 1. The number of likely N-dealkylation sites (tertiary alicyclic amines) is 1. The summed E-state index contributed by atoms with van der Waals surface area (Å²) >= 11 is 0. The number of alkyl halides is 3. The first-order chi connectivity index (χ1) is 15.9. The highest BCUT2D eigenvalue weighted by Gasteiger charge is 2.43. The van der Waals surface area contributed by atoms with Gasteiger partial charge in [-0.25, -0.2) is 4.79 Å². The topological polar surface area (TPSA) is 67.5 Å². The van der Waals surface area contributed by atoms with E-state index in [9.17, 15) is 18.0 Å². The largest absolute Gasteiger partial charge is 0.453 e. The zero-order valence-corrected chi connectivity index (χ0v) is 18.7. The summed E-state index contributed by atoms with van der Waals surface area (Å²) in [5.74, 6) is -0.0583. The van der Waals surface area contributed by atoms with E-state index >= 15 is 0 Å². The third-order valence-electron chi connectivity index (χ3n) is 6.98. The van der Waals surface area contributed by atoms with Gasteiger partial charge in [0.2, 0.25) is 0 Å². The Kier molecular flexibility index (Phi) is 7.26. The van der Waals surface area contributed by atoms with Crippen LogP contribution < -0.4 is 0 Å². The molecule has 1 aliphatic heterocycles. The van der Waals surface area contributed by atoms with Crippen molar-refractivity contribution in [2.45, 2.75) is 68.7 Å². The molecule has 2 atom stereocenters. The van der Waals surface area contributed by atoms with E-state index in [-0.39, 0.29) is 18.4 Å². The fraction of sp³-hybridized carbons (Fsp3) is 0.583. The number of aromatic amines is 1. The van der Waals surface area contributed by atoms with E-state index in [1.807, 2.05) is 18.2 Å². The van der Waals surface area contributed by atoms with E-state index in [4.69, 9.17) is 9.47 Å². The van der Waals surface area contributed by atoms with Gasteiger partial charge >= 0.3 is 12.3 Å². The van der Waals surface area contributed by atoms with Crippen molar-refractivity contribution in [2.24, 2.45) is 0 Å². The van der Waals surface area contributed by atoms with Crippen LogP contribution in [-0.2, 0) is 15.7 Å². The van der Waals surface area contributed by atoms with Gasteiger partial charge < -0.3 is 14.4 Å². The normalized spacial score (nSPS) is 26.2. The van der Waals surface area contributed by atoms with Crippen LogP contribution in [0.2, 0.25) is 0 Å². The summed E-state index contributed by atoms with van der Waals surface area (Å²) in [7, 11) is 1.28. The van der Waals surface area contributed by atoms with Crippen LogP contribution >= 0.6 is 0 Å². The molecular weight excluding hydrogens is 435 g/mol. The molecule has 1 amide bonds. The van der Waals surface area contributed by atoms with Gasteiger partial charge in [0.1, 0.15) is 0 Å². The first-order valence-corrected chi connectivity index (χ1v) is 11.5. The molecule has 2 aromatic rings. The second-order valence-electron chi connectivity index (χ2n) is 8.89. The number of hydrogen-bond donors (Lipinski definition) is 1. The Morgan fingerprint density at radius 1 is 1.15 bits per heavy atom. The van der Waals surface area contributed by atoms with E-state index in [1.165, 1.54) is 17.6 Å². The van der Waals surface area contributed by atoms with Crippen LogP contribution in [0.25, 0.3) is 0 Å². The van der Waals surface area contributed by atoms with Crippen LogP contribution in [0.4, 0.5) is 18.0 Å². The second kappa shape index (κ2) is 10.2. The summed E-state index contributed by atoms with van der Waals surface area (Å²) in [5, 5.41) is 6.20. The SMILES string of the molecule is COC(=O)N1CCC[C@H](c2[nH]ncc2C(F)(F)F)[C@@H]1CO[C@H]1CC[C@@H](c2ccccc2)CC1. The number of amides is 1. The van der Waals surface area contributed by atoms with Crippen molar-refractivity contribution in [3.05, 3.63) is 53.3 Å². The molecule has 1 N–H and O–H groups in total. The molecule has 2 aliphatic rings. The molecule has 2 heterocycles. The standard InChI is InChI=1S/C24H30F3N3O3/c1-32-23(31)30-13-5-8-19(22-20(14-28-29-22)24(25,26)27)21(30)15-33-18-11-9-17(10-12-18)16-6-3-2-4-7-16/h2-4,6-7,14,17-19,21H,5,8-13,15H2,1H3,(H,28,29)/t17-,18+,19-,21-/m0/s1. The maximum absolute atomic E-state index is 13.5. The van der Waals surface area contributed by atoms with Crippen LogP contribution in [0.5, 0.6) is 0 Å². The number of nitrogens with zero attached hydrogens (tertiary/aromatic N) is 2. The third kappa shape index (κ3) is 5.34. The van der Waals surface area contributed by atoms with Gasteiger partial charge in [-0.2, -0.15) is 18.3 Å². The summed E-state index contributed by atoms with van der Waals surface area (Å²) in [6.45, 7) is 0.587. The molecule has 0 radical (unpaired) electrons. The summed E-state index contributed by atoms with van der Waals surface area (Å²) in [6.07, 6.45) is 0.629. The summed E-state index contributed by atoms with van der Waals surface area (Å²) in [4.78, 5) is 13.9. The lowest BCUT2D eigenvalue weighted by molar-refractivity contribution is -0.138. The van der Waals surface area contributed by atoms with E-state index in [0.29, 0.717) is 25.3 Å². The van der Waals surface area contributed by atoms with Gasteiger partial charge in [0, 0.05) is 12.5 Å². The minimum atomic E-state index is -4.52. The Morgan fingerprint density at radius 2 is 1.88 bits per heavy atom. The molecule has 2 fully saturated rings. The quantitative estimate of drug-likeness (QED) is 0.635. The van der Waals surface area contributed by atoms with Gasteiger partial charge in [0.05, 0.1) is 43.3 Å². The third-order valence-corrected chi connectivity index (χ3v) is 6.98. The molecule has 6 nitrogen and oxygen atoms in total. The number of H-pyrrole nitrogens is 1. The number of carbonyl (C=O) groups excluding carboxylic acids is 1. The molecule has 33 heavy (non-hydrogen) atoms. The molecule has 4 rings (SSSR count). The smallest absolute Gasteiger partial charge is 0.419 e. The number of ether oxygens (including phenoxy) is 2. The maximum Gasteiger partial charge on any atom is 0.419 e. The molecule has 0 unspecified atom stereocenters. The fourth-order valence-electron chi connectivity index (χ4n) is 5.27. The first kappa shape index (κ1) is 23.6. The van der Waals surface area contributed by atoms with E-state index in [0.717, 1.165) is 31.9 Å². The van der Waals surface area contributed by atoms with Gasteiger partial charge in [0.25, 0.3) is 0 Å². The molecule has 9 heteroatoms.